The highest BCUT2D eigenvalue weighted by Gasteiger charge is 2.06. The van der Waals surface area contributed by atoms with Gasteiger partial charge >= 0.3 is 0 Å². The zero-order valence-electron chi connectivity index (χ0n) is 8.97. The lowest BCUT2D eigenvalue weighted by atomic mass is 10.2. The van der Waals surface area contributed by atoms with Gasteiger partial charge in [-0.3, -0.25) is 0 Å². The van der Waals surface area contributed by atoms with E-state index in [1.54, 1.807) is 6.20 Å². The lowest BCUT2D eigenvalue weighted by Gasteiger charge is -2.11. The molecule has 0 aliphatic carbocycles. The fraction of sp³-hybridized carbons (Fsp3) is 0.0833. The minimum Gasteiger partial charge on any atom is -0.338 e. The molecule has 5 heteroatoms. The van der Waals surface area contributed by atoms with Gasteiger partial charge in [0.2, 0.25) is 0 Å². The van der Waals surface area contributed by atoms with Gasteiger partial charge in [-0.2, -0.15) is 0 Å². The first kappa shape index (κ1) is 13.1. The molecule has 17 heavy (non-hydrogen) atoms. The number of benzene rings is 1. The second-order valence-electron chi connectivity index (χ2n) is 3.55. The van der Waals surface area contributed by atoms with Gasteiger partial charge < -0.3 is 5.32 Å². The fourth-order valence-corrected chi connectivity index (χ4v) is 2.83. The van der Waals surface area contributed by atoms with E-state index >= 15 is 0 Å². The summed E-state index contributed by atoms with van der Waals surface area (Å²) in [7, 11) is 0. The molecule has 0 atom stereocenters. The summed E-state index contributed by atoms with van der Waals surface area (Å²) in [5.41, 5.74) is 2.18. The van der Waals surface area contributed by atoms with Crippen molar-refractivity contribution in [2.45, 2.75) is 6.92 Å². The average Bonchev–Trinajstić information content (AvgIpc) is 2.28. The normalized spacial score (nSPS) is 10.4. The number of hydrogen-bond donors (Lipinski definition) is 1. The lowest BCUT2D eigenvalue weighted by Crippen LogP contribution is -1.96. The van der Waals surface area contributed by atoms with Gasteiger partial charge in [-0.15, -0.1) is 0 Å². The molecule has 0 saturated carbocycles. The minimum atomic E-state index is 0.791. The fourth-order valence-electron chi connectivity index (χ4n) is 1.38. The molecule has 88 valence electrons. The lowest BCUT2D eigenvalue weighted by molar-refractivity contribution is 1.27. The highest BCUT2D eigenvalue weighted by atomic mass is 79.9. The molecular formula is C12H9Br3N2. The third-order valence-corrected chi connectivity index (χ3v) is 4.34. The number of rotatable bonds is 2. The van der Waals surface area contributed by atoms with Crippen LogP contribution in [-0.2, 0) is 0 Å². The van der Waals surface area contributed by atoms with Crippen LogP contribution < -0.4 is 5.32 Å². The van der Waals surface area contributed by atoms with E-state index in [0.29, 0.717) is 0 Å². The van der Waals surface area contributed by atoms with E-state index in [4.69, 9.17) is 0 Å². The number of anilines is 2. The molecule has 2 nitrogen and oxygen atoms in total. The molecule has 0 amide bonds. The van der Waals surface area contributed by atoms with E-state index in [1.165, 1.54) is 5.56 Å². The SMILES string of the molecule is Cc1cccc(Nc2ncc(Br)cc2Br)c1Br. The van der Waals surface area contributed by atoms with Gasteiger partial charge in [-0.1, -0.05) is 12.1 Å². The molecule has 1 N–H and O–H groups in total. The molecule has 0 spiro atoms. The average molecular weight is 421 g/mol. The van der Waals surface area contributed by atoms with E-state index in [1.807, 2.05) is 18.2 Å². The number of aromatic nitrogens is 1. The highest BCUT2D eigenvalue weighted by Crippen LogP contribution is 2.31. The Morgan fingerprint density at radius 2 is 1.94 bits per heavy atom. The summed E-state index contributed by atoms with van der Waals surface area (Å²) in [6, 6.07) is 8.03. The van der Waals surface area contributed by atoms with E-state index in [0.717, 1.165) is 24.9 Å². The first-order valence-corrected chi connectivity index (χ1v) is 7.29. The Morgan fingerprint density at radius 3 is 2.65 bits per heavy atom. The van der Waals surface area contributed by atoms with E-state index in [2.05, 4.69) is 71.1 Å². The quantitative estimate of drug-likeness (QED) is 0.701. The number of nitrogens with zero attached hydrogens (tertiary/aromatic N) is 1. The molecule has 2 aromatic rings. The minimum absolute atomic E-state index is 0.791. The Labute approximate surface area is 125 Å². The van der Waals surface area contributed by atoms with Gasteiger partial charge in [0.1, 0.15) is 5.82 Å². The van der Waals surface area contributed by atoms with Crippen LogP contribution in [-0.4, -0.2) is 4.98 Å². The molecule has 1 aromatic carbocycles. The van der Waals surface area contributed by atoms with Gasteiger partial charge in [0, 0.05) is 15.1 Å². The molecule has 1 heterocycles. The van der Waals surface area contributed by atoms with Crippen LogP contribution in [0.5, 0.6) is 0 Å². The number of halogens is 3. The maximum Gasteiger partial charge on any atom is 0.144 e. The van der Waals surface area contributed by atoms with Gasteiger partial charge in [0.05, 0.1) is 10.2 Å². The van der Waals surface area contributed by atoms with E-state index < -0.39 is 0 Å². The van der Waals surface area contributed by atoms with Crippen molar-refractivity contribution in [2.75, 3.05) is 5.32 Å². The molecule has 1 aromatic heterocycles. The molecule has 0 bridgehead atoms. The predicted molar refractivity (Wildman–Crippen MR) is 81.8 cm³/mol. The van der Waals surface area contributed by atoms with Crippen LogP contribution in [0.1, 0.15) is 5.56 Å². The molecule has 0 radical (unpaired) electrons. The maximum atomic E-state index is 4.32. The summed E-state index contributed by atoms with van der Waals surface area (Å²) >= 11 is 10.4. The largest absolute Gasteiger partial charge is 0.338 e. The maximum absolute atomic E-state index is 4.32. The van der Waals surface area contributed by atoms with Crippen molar-refractivity contribution in [3.63, 3.8) is 0 Å². The second kappa shape index (κ2) is 5.50. The molecule has 0 aliphatic rings. The van der Waals surface area contributed by atoms with Crippen molar-refractivity contribution in [3.8, 4) is 0 Å². The van der Waals surface area contributed by atoms with Crippen molar-refractivity contribution in [1.82, 2.24) is 4.98 Å². The zero-order chi connectivity index (χ0) is 12.4. The van der Waals surface area contributed by atoms with Crippen LogP contribution in [0.25, 0.3) is 0 Å². The predicted octanol–water partition coefficient (Wildman–Crippen LogP) is 5.42. The number of aryl methyl sites for hydroxylation is 1. The summed E-state index contributed by atoms with van der Waals surface area (Å²) < 4.78 is 2.91. The number of hydrogen-bond acceptors (Lipinski definition) is 2. The molecule has 0 saturated heterocycles. The highest BCUT2D eigenvalue weighted by molar-refractivity contribution is 9.11. The smallest absolute Gasteiger partial charge is 0.144 e. The standard InChI is InChI=1S/C12H9Br3N2/c1-7-3-2-4-10(11(7)15)17-12-9(14)5-8(13)6-16-12/h2-6H,1H3,(H,16,17). The Kier molecular flexibility index (Phi) is 4.22. The summed E-state index contributed by atoms with van der Waals surface area (Å²) in [4.78, 5) is 4.32. The Hall–Kier alpha value is -0.390. The van der Waals surface area contributed by atoms with Crippen molar-refractivity contribution < 1.29 is 0 Å². The Morgan fingerprint density at radius 1 is 1.18 bits per heavy atom. The van der Waals surface area contributed by atoms with Gasteiger partial charge in [-0.25, -0.2) is 4.98 Å². The Bertz CT molecular complexity index is 555. The first-order valence-electron chi connectivity index (χ1n) is 4.91. The van der Waals surface area contributed by atoms with Crippen molar-refractivity contribution in [2.24, 2.45) is 0 Å². The summed E-state index contributed by atoms with van der Waals surface area (Å²) in [6.07, 6.45) is 1.76. The first-order chi connectivity index (χ1) is 8.08. The van der Waals surface area contributed by atoms with Crippen LogP contribution in [0.4, 0.5) is 11.5 Å². The third-order valence-electron chi connectivity index (χ3n) is 2.25. The van der Waals surface area contributed by atoms with Gasteiger partial charge in [-0.05, 0) is 72.4 Å². The van der Waals surface area contributed by atoms with Gasteiger partial charge in [0.25, 0.3) is 0 Å². The van der Waals surface area contributed by atoms with Gasteiger partial charge in [0.15, 0.2) is 0 Å². The monoisotopic (exact) mass is 418 g/mol. The topological polar surface area (TPSA) is 24.9 Å². The van der Waals surface area contributed by atoms with Crippen molar-refractivity contribution in [3.05, 3.63) is 49.4 Å². The summed E-state index contributed by atoms with van der Waals surface area (Å²) in [5, 5.41) is 3.28. The van der Waals surface area contributed by atoms with Crippen molar-refractivity contribution >= 4 is 59.3 Å². The van der Waals surface area contributed by atoms with E-state index in [9.17, 15) is 0 Å². The van der Waals surface area contributed by atoms with Crippen LogP contribution in [0.3, 0.4) is 0 Å². The zero-order valence-corrected chi connectivity index (χ0v) is 13.7. The number of nitrogens with one attached hydrogen (secondary N) is 1. The molecule has 0 unspecified atom stereocenters. The second-order valence-corrected chi connectivity index (χ2v) is 6.11. The van der Waals surface area contributed by atoms with Crippen LogP contribution in [0.2, 0.25) is 0 Å². The molecule has 0 fully saturated rings. The van der Waals surface area contributed by atoms with Crippen LogP contribution in [0.15, 0.2) is 43.9 Å². The summed E-state index contributed by atoms with van der Waals surface area (Å²) in [5.74, 6) is 0.791. The molecular weight excluding hydrogens is 412 g/mol. The molecule has 0 aliphatic heterocycles. The van der Waals surface area contributed by atoms with Crippen LogP contribution in [0, 0.1) is 6.92 Å². The van der Waals surface area contributed by atoms with Crippen LogP contribution >= 0.6 is 47.8 Å². The van der Waals surface area contributed by atoms with E-state index in [-0.39, 0.29) is 0 Å². The third kappa shape index (κ3) is 3.09. The van der Waals surface area contributed by atoms with Crippen molar-refractivity contribution in [1.29, 1.82) is 0 Å². The Balaban J connectivity index is 2.35. The summed E-state index contributed by atoms with van der Waals surface area (Å²) in [6.45, 7) is 2.05. The molecule has 2 rings (SSSR count). The number of pyridine rings is 1.